The molecule has 4 atom stereocenters. The summed E-state index contributed by atoms with van der Waals surface area (Å²) in [6, 6.07) is 16.4. The molecule has 2 aromatic rings. The van der Waals surface area contributed by atoms with Crippen LogP contribution < -0.4 is 26.4 Å². The predicted octanol–water partition coefficient (Wildman–Crippen LogP) is 5.01. The maximum atomic E-state index is 13.9. The van der Waals surface area contributed by atoms with E-state index in [1.54, 1.807) is 10.4 Å². The minimum Gasteiger partial charge on any atom is -0.457 e. The van der Waals surface area contributed by atoms with Crippen molar-refractivity contribution in [3.8, 4) is 11.5 Å². The number of likely N-dealkylation sites (tertiary alicyclic amines) is 1. The van der Waals surface area contributed by atoms with E-state index in [4.69, 9.17) is 9.94 Å². The molecule has 0 saturated carbocycles. The number of hydrogen-bond acceptors (Lipinski definition) is 7. The monoisotopic (exact) mass is 679 g/mol. The first-order chi connectivity index (χ1) is 23.6. The lowest BCUT2D eigenvalue weighted by atomic mass is 9.81. The van der Waals surface area contributed by atoms with E-state index < -0.39 is 41.5 Å². The third kappa shape index (κ3) is 12.5. The van der Waals surface area contributed by atoms with Gasteiger partial charge in [-0.15, -0.1) is 0 Å². The second-order valence-corrected chi connectivity index (χ2v) is 13.2. The van der Waals surface area contributed by atoms with Gasteiger partial charge in [0, 0.05) is 31.3 Å². The molecule has 0 bridgehead atoms. The number of hydrogen-bond donors (Lipinski definition) is 5. The molecule has 1 saturated heterocycles. The second-order valence-electron chi connectivity index (χ2n) is 13.2. The highest BCUT2D eigenvalue weighted by molar-refractivity contribution is 5.92. The Morgan fingerprint density at radius 2 is 1.59 bits per heavy atom. The molecule has 5 amide bonds. The van der Waals surface area contributed by atoms with Crippen molar-refractivity contribution in [3.05, 3.63) is 60.2 Å². The summed E-state index contributed by atoms with van der Waals surface area (Å²) >= 11 is 0. The van der Waals surface area contributed by atoms with Crippen LogP contribution in [0.25, 0.3) is 0 Å². The van der Waals surface area contributed by atoms with E-state index in [0.29, 0.717) is 57.4 Å². The topological polar surface area (TPSA) is 166 Å². The number of rotatable bonds is 17. The Kier molecular flexibility index (Phi) is 16.0. The van der Waals surface area contributed by atoms with Gasteiger partial charge in [0.05, 0.1) is 5.92 Å². The number of ether oxygens (including phenoxy) is 1. The van der Waals surface area contributed by atoms with Gasteiger partial charge in [0.2, 0.25) is 29.5 Å². The molecule has 268 valence electrons. The molecule has 1 heterocycles. The van der Waals surface area contributed by atoms with E-state index in [9.17, 15) is 24.0 Å². The Labute approximate surface area is 289 Å². The molecule has 5 N–H and O–H groups in total. The zero-order chi connectivity index (χ0) is 35.8. The molecular weight excluding hydrogens is 626 g/mol. The molecule has 1 aliphatic heterocycles. The largest absolute Gasteiger partial charge is 0.457 e. The van der Waals surface area contributed by atoms with Crippen LogP contribution in [0, 0.1) is 23.7 Å². The Balaban J connectivity index is 1.69. The smallest absolute Gasteiger partial charge is 0.246 e. The highest BCUT2D eigenvalue weighted by Crippen LogP contribution is 2.27. The lowest BCUT2D eigenvalue weighted by Gasteiger charge is -2.30. The Morgan fingerprint density at radius 3 is 2.27 bits per heavy atom. The van der Waals surface area contributed by atoms with Crippen LogP contribution in [0.5, 0.6) is 11.5 Å². The number of carbonyl (C=O) groups excluding carboxylic acids is 5. The molecule has 3 rings (SSSR count). The summed E-state index contributed by atoms with van der Waals surface area (Å²) in [5.41, 5.74) is 7.33. The molecule has 0 aromatic heterocycles. The Bertz CT molecular complexity index is 1390. The molecule has 1 aliphatic rings. The first-order valence-electron chi connectivity index (χ1n) is 17.5. The number of nitrogens with zero attached hydrogens (tertiary/aromatic N) is 1. The van der Waals surface area contributed by atoms with Crippen LogP contribution in [0.3, 0.4) is 0 Å². The molecule has 0 spiro atoms. The number of amides is 5. The van der Waals surface area contributed by atoms with Gasteiger partial charge in [-0.3, -0.25) is 40.0 Å². The van der Waals surface area contributed by atoms with Crippen molar-refractivity contribution < 1.29 is 33.9 Å². The summed E-state index contributed by atoms with van der Waals surface area (Å²) in [7, 11) is 0. The third-order valence-corrected chi connectivity index (χ3v) is 8.71. The van der Waals surface area contributed by atoms with Gasteiger partial charge in [-0.05, 0) is 74.3 Å². The molecule has 0 aliphatic carbocycles. The second kappa shape index (κ2) is 20.2. The zero-order valence-electron chi connectivity index (χ0n) is 29.2. The highest BCUT2D eigenvalue weighted by Gasteiger charge is 2.37. The summed E-state index contributed by atoms with van der Waals surface area (Å²) in [4.78, 5) is 67.5. The first-order valence-corrected chi connectivity index (χ1v) is 17.5. The number of hydroxylamine groups is 1. The van der Waals surface area contributed by atoms with Gasteiger partial charge >= 0.3 is 0 Å². The fraction of sp³-hybridized carbons (Fsp3) is 0.541. The summed E-state index contributed by atoms with van der Waals surface area (Å²) in [5, 5.41) is 12.0. The number of para-hydroxylation sites is 1. The van der Waals surface area contributed by atoms with Crippen LogP contribution in [-0.4, -0.2) is 52.2 Å². The van der Waals surface area contributed by atoms with Gasteiger partial charge in [0.1, 0.15) is 17.5 Å². The molecule has 12 heteroatoms. The zero-order valence-corrected chi connectivity index (χ0v) is 29.2. The summed E-state index contributed by atoms with van der Waals surface area (Å²) in [6.45, 7) is 8.64. The number of nitrogens with one attached hydrogen (secondary N) is 4. The summed E-state index contributed by atoms with van der Waals surface area (Å²) in [5.74, 6) is -3.08. The lowest BCUT2D eigenvalue weighted by Crippen LogP contribution is -2.52. The van der Waals surface area contributed by atoms with Gasteiger partial charge in [-0.2, -0.15) is 0 Å². The van der Waals surface area contributed by atoms with Crippen molar-refractivity contribution in [1.29, 1.82) is 0 Å². The van der Waals surface area contributed by atoms with E-state index in [1.165, 1.54) is 0 Å². The van der Waals surface area contributed by atoms with Crippen molar-refractivity contribution in [2.24, 2.45) is 23.7 Å². The predicted molar refractivity (Wildman–Crippen MR) is 185 cm³/mol. The fourth-order valence-electron chi connectivity index (χ4n) is 6.28. The maximum absolute atomic E-state index is 13.9. The maximum Gasteiger partial charge on any atom is 0.246 e. The molecule has 0 unspecified atom stereocenters. The van der Waals surface area contributed by atoms with Gasteiger partial charge in [-0.1, -0.05) is 70.9 Å². The number of carbonyl (C=O) groups is 5. The van der Waals surface area contributed by atoms with Crippen molar-refractivity contribution in [1.82, 2.24) is 26.5 Å². The van der Waals surface area contributed by atoms with Gasteiger partial charge in [-0.25, -0.2) is 5.48 Å². The Hall–Kier alpha value is -4.45. The summed E-state index contributed by atoms with van der Waals surface area (Å²) in [6.07, 6.45) is 4.26. The first kappa shape index (κ1) is 39.0. The van der Waals surface area contributed by atoms with E-state index in [2.05, 4.69) is 16.2 Å². The molecule has 2 aromatic carbocycles. The van der Waals surface area contributed by atoms with Gasteiger partial charge in [0.15, 0.2) is 0 Å². The Morgan fingerprint density at radius 1 is 0.878 bits per heavy atom. The van der Waals surface area contributed by atoms with Crippen molar-refractivity contribution in [3.63, 3.8) is 0 Å². The molecular formula is C37H53N5O7. The minimum absolute atomic E-state index is 0.0796. The average Bonchev–Trinajstić information content (AvgIpc) is 3.25. The van der Waals surface area contributed by atoms with E-state index in [1.807, 2.05) is 82.3 Å². The van der Waals surface area contributed by atoms with Crippen LogP contribution in [0.1, 0.15) is 91.0 Å². The van der Waals surface area contributed by atoms with Crippen molar-refractivity contribution in [2.45, 2.75) is 98.1 Å². The van der Waals surface area contributed by atoms with Gasteiger partial charge in [0.25, 0.3) is 0 Å². The van der Waals surface area contributed by atoms with E-state index in [0.717, 1.165) is 24.2 Å². The molecule has 1 fully saturated rings. The lowest BCUT2D eigenvalue weighted by molar-refractivity contribution is -0.141. The minimum atomic E-state index is -0.760. The van der Waals surface area contributed by atoms with Crippen molar-refractivity contribution in [2.75, 3.05) is 6.54 Å². The third-order valence-electron chi connectivity index (χ3n) is 8.71. The number of benzene rings is 2. The fourth-order valence-corrected chi connectivity index (χ4v) is 6.28. The number of hydrazine groups is 1. The van der Waals surface area contributed by atoms with E-state index >= 15 is 0 Å². The van der Waals surface area contributed by atoms with Crippen LogP contribution in [0.4, 0.5) is 0 Å². The molecule has 49 heavy (non-hydrogen) atoms. The SMILES string of the molecule is CCC[C@@H](CC(=O)NNC(=O)[C@@H](CCC)[C@@H](CC(C)C)C(=O)N[C@H]1CCCCN(Cc2cccc(Oc3ccccc3)c2)C1=O)C(=O)NO. The van der Waals surface area contributed by atoms with Gasteiger partial charge < -0.3 is 15.0 Å². The average molecular weight is 680 g/mol. The highest BCUT2D eigenvalue weighted by atomic mass is 16.5. The quantitative estimate of drug-likeness (QED) is 0.116. The summed E-state index contributed by atoms with van der Waals surface area (Å²) < 4.78 is 5.98. The normalized spacial score (nSPS) is 16.6. The van der Waals surface area contributed by atoms with Crippen LogP contribution in [0.2, 0.25) is 0 Å². The van der Waals surface area contributed by atoms with Crippen LogP contribution in [0.15, 0.2) is 54.6 Å². The molecule has 12 nitrogen and oxygen atoms in total. The molecule has 0 radical (unpaired) electrons. The van der Waals surface area contributed by atoms with Crippen LogP contribution in [-0.2, 0) is 30.5 Å². The standard InChI is InChI=1S/C37H53N5O7/c1-5-13-27(34(44)41-48)23-33(43)39-40-36(46)30(14-6-2)31(21-25(3)4)35(45)38-32-19-10-11-20-42(37(32)47)24-26-15-12-18-29(22-26)49-28-16-8-7-9-17-28/h7-9,12,15-18,22,25,27,30-32,48H,5-6,10-11,13-14,19-21,23-24H2,1-4H3,(H,38,45)(H,39,43)(H,40,46)(H,41,44)/t27-,30-,31+,32-/m0/s1. The van der Waals surface area contributed by atoms with E-state index in [-0.39, 0.29) is 24.2 Å². The van der Waals surface area contributed by atoms with Crippen molar-refractivity contribution >= 4 is 29.5 Å². The van der Waals surface area contributed by atoms with Crippen LogP contribution >= 0.6 is 0 Å².